The number of carboxylic acids is 1. The van der Waals surface area contributed by atoms with E-state index in [0.29, 0.717) is 52.4 Å². The molecule has 1 N–H and O–H groups in total. The number of rotatable bonds is 12. The van der Waals surface area contributed by atoms with Crippen molar-refractivity contribution < 1.29 is 48.0 Å². The van der Waals surface area contributed by atoms with Crippen LogP contribution in [0.25, 0.3) is 0 Å². The molecule has 1 rings (SSSR count). The monoisotopic (exact) mass is 714 g/mol. The molecule has 1 atom stereocenters. The normalized spacial score (nSPS) is 17.9. The van der Waals surface area contributed by atoms with E-state index in [1.54, 1.807) is 62.3 Å². The first-order chi connectivity index (χ1) is 22.7. The van der Waals surface area contributed by atoms with Crippen LogP contribution in [-0.4, -0.2) is 155 Å². The van der Waals surface area contributed by atoms with Crippen LogP contribution in [0.1, 0.15) is 102 Å². The zero-order chi connectivity index (χ0) is 38.5. The lowest BCUT2D eigenvalue weighted by molar-refractivity contribution is -0.158. The van der Waals surface area contributed by atoms with E-state index in [4.69, 9.17) is 18.9 Å². The number of carbonyl (C=O) groups excluding carboxylic acids is 4. The van der Waals surface area contributed by atoms with Crippen molar-refractivity contribution in [2.24, 2.45) is 0 Å². The van der Waals surface area contributed by atoms with Gasteiger partial charge in [0.1, 0.15) is 22.4 Å². The summed E-state index contributed by atoms with van der Waals surface area (Å²) in [5.74, 6) is -2.58. The Labute approximate surface area is 300 Å². The summed E-state index contributed by atoms with van der Waals surface area (Å²) in [5.41, 5.74) is -2.72. The van der Waals surface area contributed by atoms with Gasteiger partial charge in [-0.2, -0.15) is 0 Å². The Morgan fingerprint density at radius 1 is 0.500 bits per heavy atom. The molecule has 1 heterocycles. The van der Waals surface area contributed by atoms with Gasteiger partial charge < -0.3 is 24.1 Å². The Kier molecular flexibility index (Phi) is 17.8. The number of carboxylic acid groups (broad SMARTS) is 1. The fraction of sp³-hybridized carbons (Fsp3) is 0.861. The third kappa shape index (κ3) is 22.8. The van der Waals surface area contributed by atoms with Gasteiger partial charge in [-0.05, 0) is 89.5 Å². The van der Waals surface area contributed by atoms with Crippen LogP contribution in [-0.2, 0) is 42.9 Å². The first-order valence-corrected chi connectivity index (χ1v) is 17.7. The molecule has 14 nitrogen and oxygen atoms in total. The molecule has 0 bridgehead atoms. The minimum atomic E-state index is -0.975. The summed E-state index contributed by atoms with van der Waals surface area (Å²) < 4.78 is 22.5. The summed E-state index contributed by atoms with van der Waals surface area (Å²) in [6, 6.07) is -0.473. The van der Waals surface area contributed by atoms with E-state index in [1.165, 1.54) is 0 Å². The topological polar surface area (TPSA) is 155 Å². The van der Waals surface area contributed by atoms with Gasteiger partial charge in [0.25, 0.3) is 0 Å². The van der Waals surface area contributed by atoms with E-state index in [0.717, 1.165) is 0 Å². The van der Waals surface area contributed by atoms with Gasteiger partial charge in [-0.1, -0.05) is 0 Å². The number of nitrogens with zero attached hydrogens (tertiary/aromatic N) is 4. The second-order valence-electron chi connectivity index (χ2n) is 17.0. The second kappa shape index (κ2) is 19.7. The summed E-state index contributed by atoms with van der Waals surface area (Å²) in [6.07, 6.45) is 0.0373. The zero-order valence-electron chi connectivity index (χ0n) is 32.9. The van der Waals surface area contributed by atoms with Crippen molar-refractivity contribution in [2.75, 3.05) is 72.0 Å². The molecular weight excluding hydrogens is 648 g/mol. The molecule has 0 aromatic carbocycles. The van der Waals surface area contributed by atoms with Crippen molar-refractivity contribution in [3.8, 4) is 0 Å². The number of ether oxygens (including phenoxy) is 4. The number of aliphatic carboxylic acids is 1. The molecule has 0 radical (unpaired) electrons. The van der Waals surface area contributed by atoms with Gasteiger partial charge >= 0.3 is 29.8 Å². The molecule has 0 amide bonds. The predicted octanol–water partition coefficient (Wildman–Crippen LogP) is 3.20. The molecule has 1 fully saturated rings. The van der Waals surface area contributed by atoms with Gasteiger partial charge in [0.2, 0.25) is 0 Å². The van der Waals surface area contributed by atoms with Gasteiger partial charge in [0, 0.05) is 64.8 Å². The highest BCUT2D eigenvalue weighted by Gasteiger charge is 2.29. The maximum atomic E-state index is 13.0. The van der Waals surface area contributed by atoms with Crippen molar-refractivity contribution in [2.45, 2.75) is 131 Å². The highest BCUT2D eigenvalue weighted by molar-refractivity contribution is 5.73. The van der Waals surface area contributed by atoms with Crippen LogP contribution in [0, 0.1) is 0 Å². The molecule has 50 heavy (non-hydrogen) atoms. The Hall–Kier alpha value is -2.81. The van der Waals surface area contributed by atoms with Crippen LogP contribution in [0.3, 0.4) is 0 Å². The molecule has 1 aliphatic rings. The molecule has 0 spiro atoms. The lowest BCUT2D eigenvalue weighted by Gasteiger charge is -2.37. The number of hydrogen-bond donors (Lipinski definition) is 1. The zero-order valence-corrected chi connectivity index (χ0v) is 32.9. The average molecular weight is 715 g/mol. The summed E-state index contributed by atoms with van der Waals surface area (Å²) in [6.45, 7) is 24.9. The lowest BCUT2D eigenvalue weighted by atomic mass is 10.0. The summed E-state index contributed by atoms with van der Waals surface area (Å²) >= 11 is 0. The third-order valence-corrected chi connectivity index (χ3v) is 7.22. The van der Waals surface area contributed by atoms with Gasteiger partial charge in [-0.3, -0.25) is 43.6 Å². The van der Waals surface area contributed by atoms with Crippen molar-refractivity contribution in [1.82, 2.24) is 19.6 Å². The maximum absolute atomic E-state index is 13.0. The van der Waals surface area contributed by atoms with E-state index in [1.807, 2.05) is 35.5 Å². The van der Waals surface area contributed by atoms with E-state index >= 15 is 0 Å². The van der Waals surface area contributed by atoms with Crippen LogP contribution in [0.4, 0.5) is 0 Å². The fourth-order valence-corrected chi connectivity index (χ4v) is 5.34. The van der Waals surface area contributed by atoms with Gasteiger partial charge in [-0.25, -0.2) is 0 Å². The number of hydrogen-bond acceptors (Lipinski definition) is 13. The Bertz CT molecular complexity index is 1070. The highest BCUT2D eigenvalue weighted by Crippen LogP contribution is 2.18. The van der Waals surface area contributed by atoms with E-state index in [9.17, 15) is 29.1 Å². The van der Waals surface area contributed by atoms with Crippen molar-refractivity contribution >= 4 is 29.8 Å². The molecule has 0 saturated carbocycles. The van der Waals surface area contributed by atoms with Gasteiger partial charge in [0.15, 0.2) is 0 Å². The molecule has 0 aliphatic carbocycles. The molecule has 1 unspecified atom stereocenters. The fourth-order valence-electron chi connectivity index (χ4n) is 5.34. The predicted molar refractivity (Wildman–Crippen MR) is 190 cm³/mol. The van der Waals surface area contributed by atoms with Crippen molar-refractivity contribution in [3.05, 3.63) is 0 Å². The minimum Gasteiger partial charge on any atom is -0.481 e. The third-order valence-electron chi connectivity index (χ3n) is 7.22. The van der Waals surface area contributed by atoms with Crippen LogP contribution in [0.15, 0.2) is 0 Å². The largest absolute Gasteiger partial charge is 0.481 e. The van der Waals surface area contributed by atoms with E-state index in [2.05, 4.69) is 4.90 Å². The average Bonchev–Trinajstić information content (AvgIpc) is 2.86. The molecule has 0 aromatic rings. The lowest BCUT2D eigenvalue weighted by Crippen LogP contribution is -2.51. The van der Waals surface area contributed by atoms with Gasteiger partial charge in [0.05, 0.1) is 26.1 Å². The molecule has 1 aliphatic heterocycles. The van der Waals surface area contributed by atoms with Gasteiger partial charge in [-0.15, -0.1) is 0 Å². The molecule has 14 heteroatoms. The van der Waals surface area contributed by atoms with Crippen LogP contribution >= 0.6 is 0 Å². The second-order valence-corrected chi connectivity index (χ2v) is 17.0. The van der Waals surface area contributed by atoms with E-state index < -0.39 is 52.3 Å². The van der Waals surface area contributed by atoms with E-state index in [-0.39, 0.29) is 44.9 Å². The smallest absolute Gasteiger partial charge is 0.320 e. The molecule has 1 saturated heterocycles. The number of esters is 4. The first-order valence-electron chi connectivity index (χ1n) is 17.7. The quantitative estimate of drug-likeness (QED) is 0.232. The van der Waals surface area contributed by atoms with Crippen molar-refractivity contribution in [3.63, 3.8) is 0 Å². The standard InChI is InChI=1S/C36H66N4O10/c1-33(2,3)47-29(43)23-27(13-14-28(41)42)40-21-19-38(25-31(45)49-35(7,8)9)17-15-37(24-30(44)48-34(4,5)6)16-18-39(20-22-40)26-32(46)50-36(10,11)12/h27H,13-26H2,1-12H3,(H,41,42). The van der Waals surface area contributed by atoms with Crippen LogP contribution in [0.5, 0.6) is 0 Å². The Morgan fingerprint density at radius 3 is 1.06 bits per heavy atom. The molecular formula is C36H66N4O10. The van der Waals surface area contributed by atoms with Crippen LogP contribution < -0.4 is 0 Å². The SMILES string of the molecule is CC(C)(C)OC(=O)CC(CCC(=O)O)N1CCN(CC(=O)OC(C)(C)C)CCN(CC(=O)OC(C)(C)C)CCN(CC(=O)OC(C)(C)C)CC1. The summed E-state index contributed by atoms with van der Waals surface area (Å²) in [4.78, 5) is 71.5. The Morgan fingerprint density at radius 2 is 0.780 bits per heavy atom. The summed E-state index contributed by atoms with van der Waals surface area (Å²) in [5, 5.41) is 9.56. The number of carbonyl (C=O) groups is 5. The Balaban J connectivity index is 3.48. The molecule has 0 aromatic heterocycles. The van der Waals surface area contributed by atoms with Crippen LogP contribution in [0.2, 0.25) is 0 Å². The van der Waals surface area contributed by atoms with Crippen molar-refractivity contribution in [1.29, 1.82) is 0 Å². The summed E-state index contributed by atoms with van der Waals surface area (Å²) in [7, 11) is 0. The minimum absolute atomic E-state index is 0.00200. The maximum Gasteiger partial charge on any atom is 0.320 e. The molecule has 290 valence electrons. The highest BCUT2D eigenvalue weighted by atomic mass is 16.6. The first kappa shape index (κ1) is 45.2.